The zero-order valence-corrected chi connectivity index (χ0v) is 19.9. The van der Waals surface area contributed by atoms with Crippen molar-refractivity contribution in [2.24, 2.45) is 5.41 Å². The Hall–Kier alpha value is 1.12. The van der Waals surface area contributed by atoms with Gasteiger partial charge in [-0.2, -0.15) is 6.08 Å². The second-order valence-electron chi connectivity index (χ2n) is 5.70. The topological polar surface area (TPSA) is 23.8 Å². The maximum absolute atomic E-state index is 6.94. The van der Waals surface area contributed by atoms with E-state index in [1.807, 2.05) is 27.7 Å². The number of nitrogens with one attached hydrogen (secondary N) is 1. The van der Waals surface area contributed by atoms with E-state index in [4.69, 9.17) is 5.73 Å². The van der Waals surface area contributed by atoms with Crippen molar-refractivity contribution in [2.45, 2.75) is 53.5 Å². The zero-order valence-electron chi connectivity index (χ0n) is 14.4. The van der Waals surface area contributed by atoms with Gasteiger partial charge in [0.15, 0.2) is 0 Å². The predicted molar refractivity (Wildman–Crippen MR) is 99.9 cm³/mol. The van der Waals surface area contributed by atoms with E-state index in [1.54, 1.807) is 23.3 Å². The van der Waals surface area contributed by atoms with Gasteiger partial charge in [-0.05, 0) is 5.41 Å². The molecule has 5 heteroatoms. The third-order valence-electron chi connectivity index (χ3n) is 1.50. The Morgan fingerprint density at radius 1 is 1.05 bits per heavy atom. The molecule has 1 rings (SSSR count). The van der Waals surface area contributed by atoms with E-state index in [2.05, 4.69) is 39.0 Å². The van der Waals surface area contributed by atoms with Crippen molar-refractivity contribution in [1.82, 2.24) is 0 Å². The van der Waals surface area contributed by atoms with Gasteiger partial charge < -0.3 is 20.6 Å². The third-order valence-corrected chi connectivity index (χ3v) is 1.50. The predicted octanol–water partition coefficient (Wildman–Crippen LogP) is 5.38. The summed E-state index contributed by atoms with van der Waals surface area (Å²) in [5, 5.41) is 0. The minimum absolute atomic E-state index is 0. The number of allylic oxidation sites excluding steroid dienone is 4. The van der Waals surface area contributed by atoms with Crippen LogP contribution in [0.3, 0.4) is 0 Å². The summed E-state index contributed by atoms with van der Waals surface area (Å²) < 4.78 is 0. The summed E-state index contributed by atoms with van der Waals surface area (Å²) in [5.74, 6) is 0. The SMILES string of the molecule is CC(C)(C)C1=[C-]CC=C1.CC(C)(C)[NH-].Cl.Cl.[CH3-].[CH3-].[SiH2]=[Zr]. The van der Waals surface area contributed by atoms with Gasteiger partial charge >= 0.3 is 30.2 Å². The van der Waals surface area contributed by atoms with E-state index >= 15 is 0 Å². The van der Waals surface area contributed by atoms with Crippen molar-refractivity contribution in [3.05, 3.63) is 44.4 Å². The van der Waals surface area contributed by atoms with E-state index < -0.39 is 0 Å². The van der Waals surface area contributed by atoms with Crippen LogP contribution >= 0.6 is 24.8 Å². The molecule has 1 aliphatic rings. The molecule has 0 saturated carbocycles. The van der Waals surface area contributed by atoms with Gasteiger partial charge in [0.05, 0.1) is 0 Å². The Morgan fingerprint density at radius 2 is 1.35 bits per heavy atom. The molecule has 1 N–H and O–H groups in total. The number of hydrogen-bond donors (Lipinski definition) is 0. The summed E-state index contributed by atoms with van der Waals surface area (Å²) >= 11 is 1.58. The first-order valence-electron chi connectivity index (χ1n) is 5.49. The molecule has 0 aromatic rings. The number of halogens is 2. The fourth-order valence-corrected chi connectivity index (χ4v) is 0.920. The Morgan fingerprint density at radius 3 is 1.45 bits per heavy atom. The monoisotopic (exact) mass is 415 g/mol. The van der Waals surface area contributed by atoms with Crippen LogP contribution in [0.15, 0.2) is 17.7 Å². The number of hydrogen-bond acceptors (Lipinski definition) is 0. The molecule has 0 aromatic carbocycles. The average molecular weight is 418 g/mol. The van der Waals surface area contributed by atoms with Gasteiger partial charge in [-0.3, -0.25) is 6.08 Å². The van der Waals surface area contributed by atoms with Gasteiger partial charge in [-0.25, -0.2) is 11.6 Å². The van der Waals surface area contributed by atoms with E-state index in [0.29, 0.717) is 5.41 Å². The molecule has 0 bridgehead atoms. The van der Waals surface area contributed by atoms with Crippen LogP contribution in [0.4, 0.5) is 0 Å². The van der Waals surface area contributed by atoms with Crippen molar-refractivity contribution in [3.63, 3.8) is 0 Å². The van der Waals surface area contributed by atoms with Crippen molar-refractivity contribution >= 4 is 31.7 Å². The van der Waals surface area contributed by atoms with Gasteiger partial charge in [0.25, 0.3) is 0 Å². The first-order valence-corrected chi connectivity index (χ1v) is 11.4. The molecule has 0 fully saturated rings. The zero-order chi connectivity index (χ0) is 13.4. The summed E-state index contributed by atoms with van der Waals surface area (Å²) in [5.41, 5.74) is 8.34. The first-order chi connectivity index (χ1) is 7.11. The van der Waals surface area contributed by atoms with Gasteiger partial charge in [0, 0.05) is 0 Å². The van der Waals surface area contributed by atoms with Crippen LogP contribution in [0.5, 0.6) is 0 Å². The number of rotatable bonds is 0. The molecule has 0 aromatic heterocycles. The van der Waals surface area contributed by atoms with Crippen molar-refractivity contribution in [3.8, 4) is 0 Å². The van der Waals surface area contributed by atoms with E-state index in [1.165, 1.54) is 5.57 Å². The molecular formula is C15H33Cl2NSiZr-4. The molecule has 0 spiro atoms. The fraction of sp³-hybridized carbons (Fsp3) is 0.600. The Labute approximate surface area is 157 Å². The Kier molecular flexibility index (Phi) is 34.0. The molecule has 1 nitrogen and oxygen atoms in total. The molecule has 1 aliphatic carbocycles. The molecule has 0 amide bonds. The molecule has 0 atom stereocenters. The molecule has 0 heterocycles. The average Bonchev–Trinajstić information content (AvgIpc) is 2.55. The van der Waals surface area contributed by atoms with E-state index in [0.717, 1.165) is 6.42 Å². The van der Waals surface area contributed by atoms with Crippen LogP contribution in [-0.2, 0) is 23.3 Å². The normalized spacial score (nSPS) is 11.4. The van der Waals surface area contributed by atoms with Crippen LogP contribution in [0.2, 0.25) is 0 Å². The molecule has 0 aliphatic heterocycles. The van der Waals surface area contributed by atoms with Crippen LogP contribution in [0.25, 0.3) is 5.73 Å². The summed E-state index contributed by atoms with van der Waals surface area (Å²) in [6.07, 6.45) is 8.63. The second kappa shape index (κ2) is 18.2. The van der Waals surface area contributed by atoms with Crippen molar-refractivity contribution in [2.75, 3.05) is 0 Å². The molecule has 0 unspecified atom stereocenters. The summed E-state index contributed by atoms with van der Waals surface area (Å²) in [6, 6.07) is 0. The fourth-order valence-electron chi connectivity index (χ4n) is 0.920. The third kappa shape index (κ3) is 31.5. The quantitative estimate of drug-likeness (QED) is 0.373. The Balaban J connectivity index is -0.0000000399. The van der Waals surface area contributed by atoms with E-state index in [9.17, 15) is 0 Å². The van der Waals surface area contributed by atoms with Crippen molar-refractivity contribution < 1.29 is 23.3 Å². The molecular weight excluding hydrogens is 384 g/mol. The molecule has 0 saturated heterocycles. The maximum atomic E-state index is 6.94. The summed E-state index contributed by atoms with van der Waals surface area (Å²) in [7, 11) is 0. The summed E-state index contributed by atoms with van der Waals surface area (Å²) in [4.78, 5) is 0. The molecule has 20 heavy (non-hydrogen) atoms. The Bertz CT molecular complexity index is 248. The van der Waals surface area contributed by atoms with Crippen molar-refractivity contribution in [1.29, 1.82) is 0 Å². The molecule has 0 radical (unpaired) electrons. The van der Waals surface area contributed by atoms with Crippen LogP contribution in [0, 0.1) is 26.3 Å². The minimum atomic E-state index is -0.250. The van der Waals surface area contributed by atoms with Gasteiger partial charge in [0.2, 0.25) is 0 Å². The van der Waals surface area contributed by atoms with Gasteiger partial charge in [-0.15, -0.1) is 36.8 Å². The van der Waals surface area contributed by atoms with Gasteiger partial charge in [0.1, 0.15) is 0 Å². The first kappa shape index (κ1) is 37.4. The van der Waals surface area contributed by atoms with Gasteiger partial charge in [-0.1, -0.05) is 41.5 Å². The summed E-state index contributed by atoms with van der Waals surface area (Å²) in [6.45, 7) is 14.2. The standard InChI is InChI=1S/C9H13.C4H10N.2CH3.2ClH.H2Si.Zr/c1-9(2,3)8-6-4-5-7-8;1-4(2,3)5;;;;;;/h4,6H,5H2,1-3H3;5H,1-3H3;2*1H3;2*1H;1H2;/q4*-1;;;;. The van der Waals surface area contributed by atoms with Crippen LogP contribution in [0.1, 0.15) is 48.0 Å². The van der Waals surface area contributed by atoms with Crippen LogP contribution < -0.4 is 0 Å². The van der Waals surface area contributed by atoms with Crippen LogP contribution in [-0.4, -0.2) is 12.4 Å². The second-order valence-corrected chi connectivity index (χ2v) is 5.70. The van der Waals surface area contributed by atoms with E-state index in [-0.39, 0.29) is 45.2 Å². The molecule has 124 valence electrons.